The Morgan fingerprint density at radius 3 is 2.69 bits per heavy atom. The highest BCUT2D eigenvalue weighted by molar-refractivity contribution is 6.32. The Bertz CT molecular complexity index is 1030. The fourth-order valence-corrected chi connectivity index (χ4v) is 2.90. The highest BCUT2D eigenvalue weighted by atomic mass is 35.5. The van der Waals surface area contributed by atoms with Crippen molar-refractivity contribution < 1.29 is 9.53 Å². The lowest BCUT2D eigenvalue weighted by Crippen LogP contribution is -2.12. The van der Waals surface area contributed by atoms with Crippen LogP contribution in [0.4, 0.5) is 0 Å². The fraction of sp³-hybridized carbons (Fsp3) is 0.100. The summed E-state index contributed by atoms with van der Waals surface area (Å²) in [5.74, 6) is -0.113. The number of amides is 1. The Morgan fingerprint density at radius 2 is 1.96 bits per heavy atom. The molecule has 3 rings (SSSR count). The van der Waals surface area contributed by atoms with E-state index in [-0.39, 0.29) is 5.57 Å². The van der Waals surface area contributed by atoms with E-state index < -0.39 is 5.91 Å². The highest BCUT2D eigenvalue weighted by Gasteiger charge is 2.10. The number of benzene rings is 2. The average Bonchev–Trinajstić information content (AvgIpc) is 2.99. The minimum atomic E-state index is -0.744. The lowest BCUT2D eigenvalue weighted by Gasteiger charge is -2.09. The average molecular weight is 366 g/mol. The maximum atomic E-state index is 11.3. The molecule has 130 valence electrons. The lowest BCUT2D eigenvalue weighted by molar-refractivity contribution is -0.114. The Kier molecular flexibility index (Phi) is 5.26. The molecule has 0 spiro atoms. The van der Waals surface area contributed by atoms with Crippen molar-refractivity contribution in [1.82, 2.24) is 4.57 Å². The van der Waals surface area contributed by atoms with Gasteiger partial charge >= 0.3 is 0 Å². The van der Waals surface area contributed by atoms with Crippen molar-refractivity contribution >= 4 is 34.5 Å². The molecule has 0 unspecified atom stereocenters. The number of fused-ring (bicyclic) bond motifs is 1. The second kappa shape index (κ2) is 7.77. The van der Waals surface area contributed by atoms with E-state index in [2.05, 4.69) is 0 Å². The number of rotatable bonds is 6. The van der Waals surface area contributed by atoms with E-state index in [0.29, 0.717) is 23.9 Å². The van der Waals surface area contributed by atoms with E-state index in [1.807, 2.05) is 59.3 Å². The van der Waals surface area contributed by atoms with Crippen LogP contribution < -0.4 is 10.5 Å². The van der Waals surface area contributed by atoms with Gasteiger partial charge in [-0.15, -0.1) is 0 Å². The zero-order valence-electron chi connectivity index (χ0n) is 13.9. The quantitative estimate of drug-likeness (QED) is 0.533. The lowest BCUT2D eigenvalue weighted by atomic mass is 10.1. The Hall–Kier alpha value is -3.23. The molecule has 0 aliphatic heterocycles. The first-order valence-electron chi connectivity index (χ1n) is 7.97. The molecule has 1 amide bonds. The molecule has 0 bridgehead atoms. The van der Waals surface area contributed by atoms with Crippen molar-refractivity contribution in [1.29, 1.82) is 5.26 Å². The van der Waals surface area contributed by atoms with Crippen LogP contribution in [0.1, 0.15) is 5.56 Å². The summed E-state index contributed by atoms with van der Waals surface area (Å²) in [5, 5.41) is 10.6. The first-order chi connectivity index (χ1) is 12.6. The number of hydrogen-bond acceptors (Lipinski definition) is 3. The molecular weight excluding hydrogens is 350 g/mol. The standard InChI is InChI=1S/C20H16ClN3O2/c21-17-6-2-4-8-19(17)26-10-9-24-13-15(11-14(12-22)20(23)25)16-5-1-3-7-18(16)24/h1-8,11,13H,9-10H2,(H2,23,25)/b14-11+. The monoisotopic (exact) mass is 365 g/mol. The molecule has 5 nitrogen and oxygen atoms in total. The normalized spacial score (nSPS) is 11.3. The summed E-state index contributed by atoms with van der Waals surface area (Å²) in [5.41, 5.74) is 6.89. The number of para-hydroxylation sites is 2. The van der Waals surface area contributed by atoms with E-state index in [1.165, 1.54) is 6.08 Å². The van der Waals surface area contributed by atoms with Crippen LogP contribution in [0.25, 0.3) is 17.0 Å². The van der Waals surface area contributed by atoms with Crippen molar-refractivity contribution in [3.63, 3.8) is 0 Å². The van der Waals surface area contributed by atoms with Crippen LogP contribution in [-0.4, -0.2) is 17.1 Å². The molecule has 0 aliphatic carbocycles. The number of aromatic nitrogens is 1. The van der Waals surface area contributed by atoms with Crippen LogP contribution in [0.15, 0.2) is 60.3 Å². The van der Waals surface area contributed by atoms with E-state index in [0.717, 1.165) is 16.5 Å². The third kappa shape index (κ3) is 3.71. The van der Waals surface area contributed by atoms with Gasteiger partial charge < -0.3 is 15.0 Å². The van der Waals surface area contributed by atoms with Crippen LogP contribution in [0, 0.1) is 11.3 Å². The molecule has 0 radical (unpaired) electrons. The molecule has 0 aliphatic rings. The summed E-state index contributed by atoms with van der Waals surface area (Å²) in [6.07, 6.45) is 3.39. The molecule has 2 N–H and O–H groups in total. The Morgan fingerprint density at radius 1 is 1.23 bits per heavy atom. The third-order valence-corrected chi connectivity index (χ3v) is 4.24. The van der Waals surface area contributed by atoms with Crippen molar-refractivity contribution in [3.05, 3.63) is 70.9 Å². The topological polar surface area (TPSA) is 81.0 Å². The van der Waals surface area contributed by atoms with E-state index in [9.17, 15) is 4.79 Å². The van der Waals surface area contributed by atoms with Gasteiger partial charge in [0.15, 0.2) is 0 Å². The molecule has 0 saturated carbocycles. The summed E-state index contributed by atoms with van der Waals surface area (Å²) >= 11 is 6.09. The predicted molar refractivity (Wildman–Crippen MR) is 102 cm³/mol. The molecule has 0 fully saturated rings. The highest BCUT2D eigenvalue weighted by Crippen LogP contribution is 2.25. The summed E-state index contributed by atoms with van der Waals surface area (Å²) in [7, 11) is 0. The number of hydrogen-bond donors (Lipinski definition) is 1. The molecule has 26 heavy (non-hydrogen) atoms. The van der Waals surface area contributed by atoms with Crippen LogP contribution in [0.2, 0.25) is 5.02 Å². The van der Waals surface area contributed by atoms with Gasteiger partial charge in [-0.05, 0) is 24.3 Å². The maximum Gasteiger partial charge on any atom is 0.259 e. The van der Waals surface area contributed by atoms with Crippen LogP contribution >= 0.6 is 11.6 Å². The molecule has 0 atom stereocenters. The van der Waals surface area contributed by atoms with Gasteiger partial charge in [-0.25, -0.2) is 0 Å². The summed E-state index contributed by atoms with van der Waals surface area (Å²) < 4.78 is 7.75. The smallest absolute Gasteiger partial charge is 0.259 e. The Labute approximate surface area is 155 Å². The predicted octanol–water partition coefficient (Wildman–Crippen LogP) is 3.77. The van der Waals surface area contributed by atoms with E-state index >= 15 is 0 Å². The summed E-state index contributed by atoms with van der Waals surface area (Å²) in [4.78, 5) is 11.3. The Balaban J connectivity index is 1.86. The van der Waals surface area contributed by atoms with Gasteiger partial charge in [-0.1, -0.05) is 41.9 Å². The first-order valence-corrected chi connectivity index (χ1v) is 8.34. The summed E-state index contributed by atoms with van der Waals surface area (Å²) in [6.45, 7) is 1.00. The van der Waals surface area contributed by atoms with E-state index in [4.69, 9.17) is 27.3 Å². The maximum absolute atomic E-state index is 11.3. The zero-order valence-corrected chi connectivity index (χ0v) is 14.6. The fourth-order valence-electron chi connectivity index (χ4n) is 2.70. The van der Waals surface area contributed by atoms with Gasteiger partial charge in [-0.2, -0.15) is 5.26 Å². The van der Waals surface area contributed by atoms with Crippen molar-refractivity contribution in [2.24, 2.45) is 5.73 Å². The SMILES string of the molecule is N#C/C(=C\c1cn(CCOc2ccccc2Cl)c2ccccc12)C(N)=O. The molecule has 1 heterocycles. The van der Waals surface area contributed by atoms with Gasteiger partial charge in [-0.3, -0.25) is 4.79 Å². The van der Waals surface area contributed by atoms with Crippen molar-refractivity contribution in [2.75, 3.05) is 6.61 Å². The molecule has 2 aromatic carbocycles. The largest absolute Gasteiger partial charge is 0.490 e. The number of nitrogens with two attached hydrogens (primary N) is 1. The second-order valence-electron chi connectivity index (χ2n) is 5.61. The molecule has 3 aromatic rings. The molecule has 6 heteroatoms. The molecular formula is C20H16ClN3O2. The van der Waals surface area contributed by atoms with E-state index in [1.54, 1.807) is 6.07 Å². The second-order valence-corrected chi connectivity index (χ2v) is 6.02. The molecule has 1 aromatic heterocycles. The number of nitrogens with zero attached hydrogens (tertiary/aromatic N) is 2. The van der Waals surface area contributed by atoms with Gasteiger partial charge in [0.05, 0.1) is 11.6 Å². The number of nitriles is 1. The van der Waals surface area contributed by atoms with Crippen LogP contribution in [0.5, 0.6) is 5.75 Å². The number of primary amides is 1. The van der Waals surface area contributed by atoms with Gasteiger partial charge in [0, 0.05) is 22.7 Å². The minimum absolute atomic E-state index is 0.0831. The van der Waals surface area contributed by atoms with Crippen molar-refractivity contribution in [2.45, 2.75) is 6.54 Å². The number of carbonyl (C=O) groups excluding carboxylic acids is 1. The van der Waals surface area contributed by atoms with Gasteiger partial charge in [0.2, 0.25) is 0 Å². The first kappa shape index (κ1) is 17.6. The summed E-state index contributed by atoms with van der Waals surface area (Å²) in [6, 6.07) is 16.9. The van der Waals surface area contributed by atoms with Crippen LogP contribution in [0.3, 0.4) is 0 Å². The van der Waals surface area contributed by atoms with Crippen LogP contribution in [-0.2, 0) is 11.3 Å². The minimum Gasteiger partial charge on any atom is -0.490 e. The third-order valence-electron chi connectivity index (χ3n) is 3.93. The number of ether oxygens (including phenoxy) is 1. The van der Waals surface area contributed by atoms with Gasteiger partial charge in [0.1, 0.15) is 24.0 Å². The van der Waals surface area contributed by atoms with Gasteiger partial charge in [0.25, 0.3) is 5.91 Å². The number of carbonyl (C=O) groups is 1. The zero-order chi connectivity index (χ0) is 18.5. The van der Waals surface area contributed by atoms with Crippen molar-refractivity contribution in [3.8, 4) is 11.8 Å². The molecule has 0 saturated heterocycles. The number of halogens is 1.